The second-order valence-corrected chi connectivity index (χ2v) is 2.14. The van der Waals surface area contributed by atoms with Crippen LogP contribution in [0.5, 0.6) is 0 Å². The molecule has 1 aromatic heterocycles. The van der Waals surface area contributed by atoms with Crippen molar-refractivity contribution in [2.75, 3.05) is 13.7 Å². The Hall–Kier alpha value is -1.09. The summed E-state index contributed by atoms with van der Waals surface area (Å²) in [5, 5.41) is 0. The second kappa shape index (κ2) is 3.93. The molecule has 0 aliphatic heterocycles. The Labute approximate surface area is 65.0 Å². The normalized spacial score (nSPS) is 9.91. The molecule has 0 aliphatic rings. The SMILES string of the molecule is COCCC(=O)c1ccco1. The standard InChI is InChI=1S/C8H10O3/c1-10-6-4-7(9)8-3-2-5-11-8/h2-3,5H,4,6H2,1H3. The fraction of sp³-hybridized carbons (Fsp3) is 0.375. The van der Waals surface area contributed by atoms with Gasteiger partial charge in [-0.25, -0.2) is 0 Å². The van der Waals surface area contributed by atoms with Gasteiger partial charge in [0.05, 0.1) is 12.9 Å². The molecule has 1 rings (SSSR count). The topological polar surface area (TPSA) is 39.4 Å². The third-order valence-electron chi connectivity index (χ3n) is 1.33. The van der Waals surface area contributed by atoms with Crippen molar-refractivity contribution >= 4 is 5.78 Å². The molecule has 0 bridgehead atoms. The summed E-state index contributed by atoms with van der Waals surface area (Å²) in [7, 11) is 1.56. The number of hydrogen-bond acceptors (Lipinski definition) is 3. The number of Topliss-reactive ketones (excluding diaryl/α,β-unsaturated/α-hetero) is 1. The van der Waals surface area contributed by atoms with Gasteiger partial charge in [-0.1, -0.05) is 0 Å². The Morgan fingerprint density at radius 1 is 1.73 bits per heavy atom. The minimum absolute atomic E-state index is 0.0168. The molecule has 0 saturated carbocycles. The molecular formula is C8H10O3. The maximum atomic E-state index is 11.1. The first-order valence-electron chi connectivity index (χ1n) is 3.40. The van der Waals surface area contributed by atoms with Crippen molar-refractivity contribution in [2.24, 2.45) is 0 Å². The van der Waals surface area contributed by atoms with Gasteiger partial charge in [0.15, 0.2) is 11.5 Å². The van der Waals surface area contributed by atoms with Crippen LogP contribution in [-0.2, 0) is 4.74 Å². The first-order valence-corrected chi connectivity index (χ1v) is 3.40. The highest BCUT2D eigenvalue weighted by atomic mass is 16.5. The fourth-order valence-electron chi connectivity index (χ4n) is 0.755. The number of hydrogen-bond donors (Lipinski definition) is 0. The fourth-order valence-corrected chi connectivity index (χ4v) is 0.755. The Morgan fingerprint density at radius 3 is 3.09 bits per heavy atom. The van der Waals surface area contributed by atoms with Crippen molar-refractivity contribution in [3.05, 3.63) is 24.2 Å². The number of carbonyl (C=O) groups excluding carboxylic acids is 1. The van der Waals surface area contributed by atoms with Crippen LogP contribution in [0.2, 0.25) is 0 Å². The van der Waals surface area contributed by atoms with E-state index in [0.717, 1.165) is 0 Å². The van der Waals surface area contributed by atoms with Gasteiger partial charge in [0.2, 0.25) is 0 Å². The minimum atomic E-state index is -0.0168. The van der Waals surface area contributed by atoms with Crippen LogP contribution in [0.4, 0.5) is 0 Å². The maximum Gasteiger partial charge on any atom is 0.200 e. The third kappa shape index (κ3) is 2.20. The van der Waals surface area contributed by atoms with Gasteiger partial charge in [-0.3, -0.25) is 4.79 Å². The lowest BCUT2D eigenvalue weighted by atomic mass is 10.2. The molecule has 60 valence electrons. The Balaban J connectivity index is 2.43. The Kier molecular flexibility index (Phi) is 2.86. The van der Waals surface area contributed by atoms with Crippen molar-refractivity contribution in [1.82, 2.24) is 0 Å². The number of carbonyl (C=O) groups is 1. The number of furan rings is 1. The summed E-state index contributed by atoms with van der Waals surface area (Å²) in [6.45, 7) is 0.444. The second-order valence-electron chi connectivity index (χ2n) is 2.14. The largest absolute Gasteiger partial charge is 0.461 e. The molecule has 0 atom stereocenters. The lowest BCUT2D eigenvalue weighted by Gasteiger charge is -1.94. The van der Waals surface area contributed by atoms with E-state index < -0.39 is 0 Å². The van der Waals surface area contributed by atoms with Crippen LogP contribution in [0.25, 0.3) is 0 Å². The van der Waals surface area contributed by atoms with Crippen LogP contribution in [0.1, 0.15) is 17.0 Å². The van der Waals surface area contributed by atoms with Gasteiger partial charge >= 0.3 is 0 Å². The van der Waals surface area contributed by atoms with Gasteiger partial charge < -0.3 is 9.15 Å². The lowest BCUT2D eigenvalue weighted by molar-refractivity contribution is 0.0905. The van der Waals surface area contributed by atoms with Crippen molar-refractivity contribution in [3.63, 3.8) is 0 Å². The molecule has 0 unspecified atom stereocenters. The van der Waals surface area contributed by atoms with E-state index in [4.69, 9.17) is 9.15 Å². The smallest absolute Gasteiger partial charge is 0.200 e. The molecule has 11 heavy (non-hydrogen) atoms. The molecule has 1 aromatic rings. The molecule has 0 aromatic carbocycles. The summed E-state index contributed by atoms with van der Waals surface area (Å²) in [4.78, 5) is 11.1. The zero-order valence-corrected chi connectivity index (χ0v) is 6.37. The summed E-state index contributed by atoms with van der Waals surface area (Å²) in [5.41, 5.74) is 0. The quantitative estimate of drug-likeness (QED) is 0.617. The lowest BCUT2D eigenvalue weighted by Crippen LogP contribution is -2.01. The van der Waals surface area contributed by atoms with Gasteiger partial charge in [-0.2, -0.15) is 0 Å². The van der Waals surface area contributed by atoms with E-state index >= 15 is 0 Å². The number of methoxy groups -OCH3 is 1. The summed E-state index contributed by atoms with van der Waals surface area (Å²) < 4.78 is 9.64. The molecule has 3 heteroatoms. The molecule has 3 nitrogen and oxygen atoms in total. The zero-order chi connectivity index (χ0) is 8.10. The molecule has 0 saturated heterocycles. The van der Waals surface area contributed by atoms with Crippen molar-refractivity contribution < 1.29 is 13.9 Å². The van der Waals surface area contributed by atoms with Crippen molar-refractivity contribution in [1.29, 1.82) is 0 Å². The highest BCUT2D eigenvalue weighted by molar-refractivity contribution is 5.93. The van der Waals surface area contributed by atoms with Crippen molar-refractivity contribution in [3.8, 4) is 0 Å². The van der Waals surface area contributed by atoms with E-state index in [1.165, 1.54) is 6.26 Å². The number of rotatable bonds is 4. The van der Waals surface area contributed by atoms with Crippen LogP contribution in [-0.4, -0.2) is 19.5 Å². The highest BCUT2D eigenvalue weighted by Gasteiger charge is 2.06. The summed E-state index contributed by atoms with van der Waals surface area (Å²) in [6, 6.07) is 3.35. The first kappa shape index (κ1) is 8.01. The van der Waals surface area contributed by atoms with Gasteiger partial charge in [0, 0.05) is 13.5 Å². The highest BCUT2D eigenvalue weighted by Crippen LogP contribution is 2.03. The first-order chi connectivity index (χ1) is 5.34. The number of ether oxygens (including phenoxy) is 1. The average Bonchev–Trinajstić information content (AvgIpc) is 2.52. The zero-order valence-electron chi connectivity index (χ0n) is 6.37. The predicted octanol–water partition coefficient (Wildman–Crippen LogP) is 1.50. The predicted molar refractivity (Wildman–Crippen MR) is 39.5 cm³/mol. The van der Waals surface area contributed by atoms with Crippen LogP contribution < -0.4 is 0 Å². The maximum absolute atomic E-state index is 11.1. The Morgan fingerprint density at radius 2 is 2.55 bits per heavy atom. The minimum Gasteiger partial charge on any atom is -0.461 e. The van der Waals surface area contributed by atoms with E-state index in [2.05, 4.69) is 0 Å². The molecule has 0 N–H and O–H groups in total. The molecule has 0 fully saturated rings. The van der Waals surface area contributed by atoms with E-state index in [-0.39, 0.29) is 5.78 Å². The van der Waals surface area contributed by atoms with Crippen LogP contribution in [0, 0.1) is 0 Å². The monoisotopic (exact) mass is 154 g/mol. The van der Waals surface area contributed by atoms with Gasteiger partial charge in [0.1, 0.15) is 0 Å². The van der Waals surface area contributed by atoms with Crippen LogP contribution in [0.15, 0.2) is 22.8 Å². The van der Waals surface area contributed by atoms with E-state index in [1.807, 2.05) is 0 Å². The molecule has 0 spiro atoms. The molecular weight excluding hydrogens is 144 g/mol. The molecule has 1 heterocycles. The van der Waals surface area contributed by atoms with Crippen LogP contribution >= 0.6 is 0 Å². The Bertz CT molecular complexity index is 213. The molecule has 0 aliphatic carbocycles. The van der Waals surface area contributed by atoms with Crippen LogP contribution in [0.3, 0.4) is 0 Å². The van der Waals surface area contributed by atoms with E-state index in [1.54, 1.807) is 19.2 Å². The van der Waals surface area contributed by atoms with E-state index in [0.29, 0.717) is 18.8 Å². The molecule has 0 radical (unpaired) electrons. The average molecular weight is 154 g/mol. The van der Waals surface area contributed by atoms with Gasteiger partial charge in [-0.15, -0.1) is 0 Å². The van der Waals surface area contributed by atoms with Gasteiger partial charge in [0.25, 0.3) is 0 Å². The van der Waals surface area contributed by atoms with Crippen molar-refractivity contribution in [2.45, 2.75) is 6.42 Å². The number of ketones is 1. The summed E-state index contributed by atoms with van der Waals surface area (Å²) in [6.07, 6.45) is 1.87. The van der Waals surface area contributed by atoms with Gasteiger partial charge in [-0.05, 0) is 12.1 Å². The van der Waals surface area contributed by atoms with E-state index in [9.17, 15) is 4.79 Å². The summed E-state index contributed by atoms with van der Waals surface area (Å²) >= 11 is 0. The third-order valence-corrected chi connectivity index (χ3v) is 1.33. The molecule has 0 amide bonds. The summed E-state index contributed by atoms with van der Waals surface area (Å²) in [5.74, 6) is 0.388.